The molecule has 0 aliphatic carbocycles. The first kappa shape index (κ1) is 30.6. The number of oxazole rings is 1. The second kappa shape index (κ2) is 12.8. The van der Waals surface area contributed by atoms with Crippen molar-refractivity contribution in [2.45, 2.75) is 0 Å². The van der Waals surface area contributed by atoms with Gasteiger partial charge >= 0.3 is 0 Å². The fraction of sp³-hybridized carbons (Fsp3) is 0. The lowest BCUT2D eigenvalue weighted by Crippen LogP contribution is -2.00. The Balaban J connectivity index is 1.06. The van der Waals surface area contributed by atoms with Gasteiger partial charge in [0, 0.05) is 22.3 Å². The third-order valence-electron chi connectivity index (χ3n) is 9.73. The third-order valence-corrected chi connectivity index (χ3v) is 9.73. The number of hydrogen-bond acceptors (Lipinski definition) is 5. The zero-order valence-corrected chi connectivity index (χ0v) is 28.5. The van der Waals surface area contributed by atoms with Crippen LogP contribution in [0.25, 0.3) is 101 Å². The van der Waals surface area contributed by atoms with Crippen molar-refractivity contribution in [1.29, 1.82) is 0 Å². The van der Waals surface area contributed by atoms with Crippen LogP contribution < -0.4 is 0 Å². The van der Waals surface area contributed by atoms with Crippen LogP contribution in [0.2, 0.25) is 0 Å². The van der Waals surface area contributed by atoms with Crippen molar-refractivity contribution >= 4 is 32.6 Å². The van der Waals surface area contributed by atoms with Crippen LogP contribution in [0, 0.1) is 0 Å². The van der Waals surface area contributed by atoms with E-state index in [1.54, 1.807) is 0 Å². The van der Waals surface area contributed by atoms with Crippen molar-refractivity contribution in [2.24, 2.45) is 0 Å². The summed E-state index contributed by atoms with van der Waals surface area (Å²) >= 11 is 0. The minimum Gasteiger partial charge on any atom is -0.436 e. The molecule has 0 unspecified atom stereocenters. The molecule has 10 aromatic rings. The summed E-state index contributed by atoms with van der Waals surface area (Å²) in [6.45, 7) is 0. The van der Waals surface area contributed by atoms with Gasteiger partial charge in [-0.2, -0.15) is 0 Å². The minimum atomic E-state index is 0.577. The van der Waals surface area contributed by atoms with Gasteiger partial charge in [0.2, 0.25) is 5.89 Å². The number of aromatic nitrogens is 4. The van der Waals surface area contributed by atoms with Crippen molar-refractivity contribution in [3.05, 3.63) is 182 Å². The molecule has 0 bridgehead atoms. The molecule has 8 aromatic carbocycles. The zero-order valence-electron chi connectivity index (χ0n) is 28.5. The normalized spacial score (nSPS) is 11.4. The summed E-state index contributed by atoms with van der Waals surface area (Å²) < 4.78 is 6.04. The highest BCUT2D eigenvalue weighted by Gasteiger charge is 2.15. The molecule has 10 rings (SSSR count). The van der Waals surface area contributed by atoms with Crippen molar-refractivity contribution in [1.82, 2.24) is 19.9 Å². The minimum absolute atomic E-state index is 0.577. The van der Waals surface area contributed by atoms with Crippen molar-refractivity contribution < 1.29 is 4.42 Å². The van der Waals surface area contributed by atoms with Crippen LogP contribution in [0.4, 0.5) is 0 Å². The van der Waals surface area contributed by atoms with E-state index >= 15 is 0 Å². The number of para-hydroxylation sites is 2. The Hall–Kier alpha value is -7.24. The standard InChI is InChI=1S/C48H30N4O/c1-3-9-31(10-4-1)35-19-21-39-29-41(25-23-37(39)27-35)46-50-45(33-15-17-34(18-16-33)48-49-43-13-7-8-14-44(43)53-48)51-47(52-46)42-26-24-38-28-36(20-22-40(38)30-42)32-11-5-2-6-12-32/h1-30H. The maximum absolute atomic E-state index is 6.04. The maximum atomic E-state index is 6.04. The maximum Gasteiger partial charge on any atom is 0.227 e. The molecule has 0 atom stereocenters. The van der Waals surface area contributed by atoms with Crippen LogP contribution in [0.1, 0.15) is 0 Å². The van der Waals surface area contributed by atoms with Gasteiger partial charge in [0.15, 0.2) is 23.1 Å². The highest BCUT2D eigenvalue weighted by Crippen LogP contribution is 2.33. The predicted octanol–water partition coefficient (Wildman–Crippen LogP) is 12.3. The SMILES string of the molecule is c1ccc(-c2ccc3cc(-c4nc(-c5ccc(-c6nc7ccccc7o6)cc5)nc(-c5ccc6cc(-c7ccccc7)ccc6c5)n4)ccc3c2)cc1. The fourth-order valence-corrected chi connectivity index (χ4v) is 6.91. The Morgan fingerprint density at radius 3 is 1.19 bits per heavy atom. The molecule has 0 aliphatic rings. The molecule has 248 valence electrons. The average molecular weight is 679 g/mol. The Morgan fingerprint density at radius 2 is 0.679 bits per heavy atom. The summed E-state index contributed by atoms with van der Waals surface area (Å²) in [6.07, 6.45) is 0. The van der Waals surface area contributed by atoms with Gasteiger partial charge in [-0.3, -0.25) is 0 Å². The quantitative estimate of drug-likeness (QED) is 0.175. The highest BCUT2D eigenvalue weighted by atomic mass is 16.3. The van der Waals surface area contributed by atoms with E-state index in [9.17, 15) is 0 Å². The van der Waals surface area contributed by atoms with E-state index in [0.29, 0.717) is 23.4 Å². The topological polar surface area (TPSA) is 64.7 Å². The summed E-state index contributed by atoms with van der Waals surface area (Å²) in [5, 5.41) is 4.55. The molecule has 2 heterocycles. The Labute approximate surface area is 305 Å². The van der Waals surface area contributed by atoms with Crippen molar-refractivity contribution in [3.63, 3.8) is 0 Å². The van der Waals surface area contributed by atoms with Gasteiger partial charge < -0.3 is 4.42 Å². The molecule has 0 radical (unpaired) electrons. The van der Waals surface area contributed by atoms with Crippen molar-refractivity contribution in [3.8, 4) is 67.9 Å². The molecule has 0 N–H and O–H groups in total. The number of rotatable bonds is 6. The van der Waals surface area contributed by atoms with Crippen molar-refractivity contribution in [2.75, 3.05) is 0 Å². The van der Waals surface area contributed by atoms with Gasteiger partial charge in [-0.15, -0.1) is 0 Å². The van der Waals surface area contributed by atoms with Crippen LogP contribution in [0.5, 0.6) is 0 Å². The van der Waals surface area contributed by atoms with Crippen LogP contribution in [0.15, 0.2) is 186 Å². The molecule has 2 aromatic heterocycles. The van der Waals surface area contributed by atoms with E-state index in [4.69, 9.17) is 19.4 Å². The van der Waals surface area contributed by atoms with Gasteiger partial charge in [-0.1, -0.05) is 133 Å². The van der Waals surface area contributed by atoms with Gasteiger partial charge in [0.05, 0.1) is 0 Å². The molecular weight excluding hydrogens is 649 g/mol. The Morgan fingerprint density at radius 1 is 0.283 bits per heavy atom. The lowest BCUT2D eigenvalue weighted by atomic mass is 9.99. The number of benzene rings is 8. The zero-order chi connectivity index (χ0) is 35.1. The van der Waals surface area contributed by atoms with E-state index < -0.39 is 0 Å². The van der Waals surface area contributed by atoms with E-state index in [1.807, 2.05) is 60.7 Å². The summed E-state index contributed by atoms with van der Waals surface area (Å²) in [5.74, 6) is 2.39. The molecule has 0 saturated heterocycles. The molecule has 0 spiro atoms. The Bertz CT molecular complexity index is 2760. The largest absolute Gasteiger partial charge is 0.436 e. The molecule has 5 heteroatoms. The number of fused-ring (bicyclic) bond motifs is 3. The second-order valence-electron chi connectivity index (χ2n) is 13.2. The predicted molar refractivity (Wildman–Crippen MR) is 215 cm³/mol. The molecule has 53 heavy (non-hydrogen) atoms. The van der Waals surface area contributed by atoms with E-state index in [0.717, 1.165) is 54.9 Å². The summed E-state index contributed by atoms with van der Waals surface area (Å²) in [4.78, 5) is 19.9. The van der Waals surface area contributed by atoms with E-state index in [1.165, 1.54) is 22.3 Å². The van der Waals surface area contributed by atoms with Gasteiger partial charge in [-0.05, 0) is 92.3 Å². The van der Waals surface area contributed by atoms with Gasteiger partial charge in [0.25, 0.3) is 0 Å². The number of nitrogens with zero attached hydrogens (tertiary/aromatic N) is 4. The highest BCUT2D eigenvalue weighted by molar-refractivity contribution is 5.92. The molecule has 0 saturated carbocycles. The van der Waals surface area contributed by atoms with Crippen LogP contribution in [-0.4, -0.2) is 19.9 Å². The molecule has 0 aliphatic heterocycles. The summed E-state index contributed by atoms with van der Waals surface area (Å²) in [7, 11) is 0. The first-order valence-corrected chi connectivity index (χ1v) is 17.6. The summed E-state index contributed by atoms with van der Waals surface area (Å²) in [6, 6.07) is 62.7. The average Bonchev–Trinajstić information content (AvgIpc) is 3.68. The summed E-state index contributed by atoms with van der Waals surface area (Å²) in [5.41, 5.74) is 9.95. The molecule has 0 fully saturated rings. The molecule has 0 amide bonds. The van der Waals surface area contributed by atoms with Gasteiger partial charge in [0.1, 0.15) is 5.52 Å². The van der Waals surface area contributed by atoms with Crippen LogP contribution in [-0.2, 0) is 0 Å². The smallest absolute Gasteiger partial charge is 0.227 e. The third kappa shape index (κ3) is 5.90. The lowest BCUT2D eigenvalue weighted by Gasteiger charge is -2.11. The van der Waals surface area contributed by atoms with Crippen LogP contribution >= 0.6 is 0 Å². The fourth-order valence-electron chi connectivity index (χ4n) is 6.91. The molecular formula is C48H30N4O. The monoisotopic (exact) mass is 678 g/mol. The first-order chi connectivity index (χ1) is 26.2. The van der Waals surface area contributed by atoms with Crippen LogP contribution in [0.3, 0.4) is 0 Å². The second-order valence-corrected chi connectivity index (χ2v) is 13.2. The van der Waals surface area contributed by atoms with E-state index in [2.05, 4.69) is 126 Å². The molecule has 5 nitrogen and oxygen atoms in total. The Kier molecular flexibility index (Phi) is 7.40. The first-order valence-electron chi connectivity index (χ1n) is 17.6. The number of hydrogen-bond donors (Lipinski definition) is 0. The lowest BCUT2D eigenvalue weighted by molar-refractivity contribution is 0.620. The van der Waals surface area contributed by atoms with E-state index in [-0.39, 0.29) is 0 Å². The van der Waals surface area contributed by atoms with Gasteiger partial charge in [-0.25, -0.2) is 19.9 Å².